The highest BCUT2D eigenvalue weighted by Crippen LogP contribution is 2.45. The van der Waals surface area contributed by atoms with E-state index in [1.54, 1.807) is 0 Å². The van der Waals surface area contributed by atoms with E-state index in [4.69, 9.17) is 9.47 Å². The fourth-order valence-electron chi connectivity index (χ4n) is 3.53. The number of hydrogen-bond acceptors (Lipinski definition) is 3. The minimum Gasteiger partial charge on any atom is -0.493 e. The van der Waals surface area contributed by atoms with E-state index in [9.17, 15) is 0 Å². The number of benzene rings is 1. The van der Waals surface area contributed by atoms with Crippen molar-refractivity contribution in [3.8, 4) is 5.75 Å². The van der Waals surface area contributed by atoms with E-state index in [1.807, 2.05) is 13.2 Å². The van der Waals surface area contributed by atoms with Crippen LogP contribution in [0.25, 0.3) is 0 Å². The Hall–Kier alpha value is -1.06. The summed E-state index contributed by atoms with van der Waals surface area (Å²) in [5.41, 5.74) is 1.49. The molecule has 0 radical (unpaired) electrons. The van der Waals surface area contributed by atoms with Crippen molar-refractivity contribution in [1.82, 2.24) is 5.32 Å². The van der Waals surface area contributed by atoms with E-state index < -0.39 is 0 Å². The smallest absolute Gasteiger partial charge is 0.124 e. The molecular formula is C17H25NO2. The van der Waals surface area contributed by atoms with Gasteiger partial charge in [-0.25, -0.2) is 0 Å². The number of ether oxygens (including phenoxy) is 2. The van der Waals surface area contributed by atoms with Crippen molar-refractivity contribution in [2.45, 2.75) is 45.4 Å². The Labute approximate surface area is 121 Å². The molecule has 1 aromatic carbocycles. The lowest BCUT2D eigenvalue weighted by Gasteiger charge is -2.53. The van der Waals surface area contributed by atoms with Crippen LogP contribution in [0.15, 0.2) is 24.3 Å². The lowest BCUT2D eigenvalue weighted by Crippen LogP contribution is -2.62. The van der Waals surface area contributed by atoms with Gasteiger partial charge in [0.25, 0.3) is 0 Å². The van der Waals surface area contributed by atoms with E-state index >= 15 is 0 Å². The summed E-state index contributed by atoms with van der Waals surface area (Å²) in [6.45, 7) is 7.62. The summed E-state index contributed by atoms with van der Waals surface area (Å²) in [4.78, 5) is 0. The predicted molar refractivity (Wildman–Crippen MR) is 80.0 cm³/mol. The van der Waals surface area contributed by atoms with Crippen LogP contribution < -0.4 is 10.1 Å². The number of fused-ring (bicyclic) bond motifs is 1. The van der Waals surface area contributed by atoms with Crippen molar-refractivity contribution in [3.05, 3.63) is 29.8 Å². The zero-order valence-corrected chi connectivity index (χ0v) is 12.8. The van der Waals surface area contributed by atoms with Crippen molar-refractivity contribution in [1.29, 1.82) is 0 Å². The van der Waals surface area contributed by atoms with Gasteiger partial charge in [0.1, 0.15) is 5.75 Å². The monoisotopic (exact) mass is 275 g/mol. The van der Waals surface area contributed by atoms with Gasteiger partial charge in [-0.2, -0.15) is 0 Å². The molecule has 1 heterocycles. The Morgan fingerprint density at radius 2 is 2.05 bits per heavy atom. The molecule has 2 aliphatic rings. The highest BCUT2D eigenvalue weighted by molar-refractivity contribution is 5.38. The molecule has 0 spiro atoms. The first-order chi connectivity index (χ1) is 9.54. The van der Waals surface area contributed by atoms with Gasteiger partial charge in [-0.1, -0.05) is 39.0 Å². The van der Waals surface area contributed by atoms with Gasteiger partial charge in [0.05, 0.1) is 12.7 Å². The third kappa shape index (κ3) is 2.13. The summed E-state index contributed by atoms with van der Waals surface area (Å²) in [6, 6.07) is 9.27. The first-order valence-corrected chi connectivity index (χ1v) is 7.54. The normalized spacial score (nSPS) is 34.8. The van der Waals surface area contributed by atoms with Gasteiger partial charge >= 0.3 is 0 Å². The first kappa shape index (κ1) is 13.9. The first-order valence-electron chi connectivity index (χ1n) is 7.54. The SMILES string of the molecule is COC1CC(NC2c3ccccc3OCC2C)C1(C)C. The number of nitrogens with one attached hydrogen (secondary N) is 1. The summed E-state index contributed by atoms with van der Waals surface area (Å²) in [7, 11) is 1.81. The maximum absolute atomic E-state index is 5.83. The molecule has 1 aromatic rings. The molecule has 1 N–H and O–H groups in total. The predicted octanol–water partition coefficient (Wildman–Crippen LogP) is 3.16. The summed E-state index contributed by atoms with van der Waals surface area (Å²) in [6.07, 6.45) is 1.46. The molecule has 0 aromatic heterocycles. The van der Waals surface area contributed by atoms with Gasteiger partial charge in [-0.3, -0.25) is 0 Å². The Kier molecular flexibility index (Phi) is 3.51. The molecule has 3 nitrogen and oxygen atoms in total. The van der Waals surface area contributed by atoms with Crippen LogP contribution in [0.3, 0.4) is 0 Å². The van der Waals surface area contributed by atoms with Crippen LogP contribution in [0, 0.1) is 11.3 Å². The minimum absolute atomic E-state index is 0.196. The van der Waals surface area contributed by atoms with E-state index in [2.05, 4.69) is 44.3 Å². The third-order valence-electron chi connectivity index (χ3n) is 5.17. The van der Waals surface area contributed by atoms with Gasteiger partial charge in [-0.15, -0.1) is 0 Å². The Bertz CT molecular complexity index is 486. The van der Waals surface area contributed by atoms with Crippen molar-refractivity contribution in [2.24, 2.45) is 11.3 Å². The zero-order chi connectivity index (χ0) is 14.3. The quantitative estimate of drug-likeness (QED) is 0.919. The number of rotatable bonds is 3. The van der Waals surface area contributed by atoms with Crippen LogP contribution in [-0.2, 0) is 4.74 Å². The van der Waals surface area contributed by atoms with Crippen molar-refractivity contribution in [2.75, 3.05) is 13.7 Å². The summed E-state index contributed by atoms with van der Waals surface area (Å²) in [5, 5.41) is 3.86. The fraction of sp³-hybridized carbons (Fsp3) is 0.647. The largest absolute Gasteiger partial charge is 0.493 e. The molecule has 1 aliphatic carbocycles. The molecule has 0 saturated heterocycles. The van der Waals surface area contributed by atoms with Gasteiger partial charge in [0, 0.05) is 36.1 Å². The molecule has 110 valence electrons. The van der Waals surface area contributed by atoms with Crippen molar-refractivity contribution >= 4 is 0 Å². The van der Waals surface area contributed by atoms with Crippen LogP contribution >= 0.6 is 0 Å². The summed E-state index contributed by atoms with van der Waals surface area (Å²) in [5.74, 6) is 1.52. The molecule has 0 bridgehead atoms. The Morgan fingerprint density at radius 1 is 1.30 bits per heavy atom. The van der Waals surface area contributed by atoms with E-state index in [-0.39, 0.29) is 5.41 Å². The molecule has 0 amide bonds. The number of methoxy groups -OCH3 is 1. The second kappa shape index (κ2) is 5.05. The van der Waals surface area contributed by atoms with E-state index in [0.29, 0.717) is 24.1 Å². The Morgan fingerprint density at radius 3 is 2.75 bits per heavy atom. The summed E-state index contributed by atoms with van der Waals surface area (Å²) >= 11 is 0. The second-order valence-electron chi connectivity index (χ2n) is 6.80. The van der Waals surface area contributed by atoms with Crippen LogP contribution in [-0.4, -0.2) is 25.9 Å². The molecule has 1 fully saturated rings. The molecule has 1 saturated carbocycles. The van der Waals surface area contributed by atoms with Crippen molar-refractivity contribution < 1.29 is 9.47 Å². The standard InChI is InChI=1S/C17H25NO2/c1-11-10-20-13-8-6-5-7-12(13)16(11)18-14-9-15(19-4)17(14,2)3/h5-8,11,14-16,18H,9-10H2,1-4H3. The molecule has 3 heteroatoms. The lowest BCUT2D eigenvalue weighted by atomic mass is 9.64. The number of para-hydroxylation sites is 1. The highest BCUT2D eigenvalue weighted by atomic mass is 16.5. The molecular weight excluding hydrogens is 250 g/mol. The van der Waals surface area contributed by atoms with Crippen LogP contribution in [0.2, 0.25) is 0 Å². The molecule has 20 heavy (non-hydrogen) atoms. The van der Waals surface area contributed by atoms with Gasteiger partial charge in [0.2, 0.25) is 0 Å². The van der Waals surface area contributed by atoms with E-state index in [1.165, 1.54) is 5.56 Å². The second-order valence-corrected chi connectivity index (χ2v) is 6.80. The van der Waals surface area contributed by atoms with Crippen molar-refractivity contribution in [3.63, 3.8) is 0 Å². The van der Waals surface area contributed by atoms with E-state index in [0.717, 1.165) is 18.8 Å². The van der Waals surface area contributed by atoms with Gasteiger partial charge < -0.3 is 14.8 Å². The maximum atomic E-state index is 5.83. The highest BCUT2D eigenvalue weighted by Gasteiger charge is 2.49. The number of hydrogen-bond donors (Lipinski definition) is 1. The Balaban J connectivity index is 1.78. The van der Waals surface area contributed by atoms with Crippen LogP contribution in [0.5, 0.6) is 5.75 Å². The molecule has 4 atom stereocenters. The molecule has 3 rings (SSSR count). The maximum Gasteiger partial charge on any atom is 0.124 e. The van der Waals surface area contributed by atoms with Gasteiger partial charge in [0.15, 0.2) is 0 Å². The summed E-state index contributed by atoms with van der Waals surface area (Å²) < 4.78 is 11.4. The zero-order valence-electron chi connectivity index (χ0n) is 12.8. The molecule has 4 unspecified atom stereocenters. The lowest BCUT2D eigenvalue weighted by molar-refractivity contribution is -0.103. The van der Waals surface area contributed by atoms with Gasteiger partial charge in [-0.05, 0) is 12.5 Å². The van der Waals surface area contributed by atoms with Crippen LogP contribution in [0.4, 0.5) is 0 Å². The average Bonchev–Trinajstić information content (AvgIpc) is 2.44. The third-order valence-corrected chi connectivity index (χ3v) is 5.17. The fourth-order valence-corrected chi connectivity index (χ4v) is 3.53. The minimum atomic E-state index is 0.196. The van der Waals surface area contributed by atoms with Crippen LogP contribution in [0.1, 0.15) is 38.8 Å². The average molecular weight is 275 g/mol. The molecule has 1 aliphatic heterocycles. The topological polar surface area (TPSA) is 30.5 Å².